The maximum Gasteiger partial charge on any atom is 0.411 e. The van der Waals surface area contributed by atoms with Crippen LogP contribution in [0.4, 0.5) is 4.79 Å². The van der Waals surface area contributed by atoms with E-state index < -0.39 is 12.1 Å². The van der Waals surface area contributed by atoms with E-state index in [-0.39, 0.29) is 18.8 Å². The van der Waals surface area contributed by atoms with E-state index in [0.717, 1.165) is 17.4 Å². The summed E-state index contributed by atoms with van der Waals surface area (Å²) in [5, 5.41) is 0. The quantitative estimate of drug-likeness (QED) is 0.745. The highest BCUT2D eigenvalue weighted by molar-refractivity contribution is 5.75. The molecule has 1 heterocycles. The fourth-order valence-corrected chi connectivity index (χ4v) is 3.25. The minimum Gasteiger partial charge on any atom is -0.445 e. The molecular formula is C21H23NO4. The summed E-state index contributed by atoms with van der Waals surface area (Å²) in [7, 11) is 0. The van der Waals surface area contributed by atoms with Gasteiger partial charge in [-0.15, -0.1) is 0 Å². The number of carbonyl (C=O) groups excluding carboxylic acids is 2. The van der Waals surface area contributed by atoms with Gasteiger partial charge in [0.25, 0.3) is 0 Å². The Morgan fingerprint density at radius 2 is 1.62 bits per heavy atom. The van der Waals surface area contributed by atoms with Gasteiger partial charge < -0.3 is 14.3 Å². The Kier molecular flexibility index (Phi) is 6.02. The average Bonchev–Trinajstić information content (AvgIpc) is 3.01. The first-order valence-corrected chi connectivity index (χ1v) is 8.79. The number of nitrogens with zero attached hydrogens (tertiary/aromatic N) is 1. The van der Waals surface area contributed by atoms with Crippen molar-refractivity contribution in [1.29, 1.82) is 0 Å². The van der Waals surface area contributed by atoms with E-state index in [2.05, 4.69) is 0 Å². The summed E-state index contributed by atoms with van der Waals surface area (Å²) in [6.45, 7) is 2.51. The van der Waals surface area contributed by atoms with E-state index in [4.69, 9.17) is 9.47 Å². The summed E-state index contributed by atoms with van der Waals surface area (Å²) < 4.78 is 11.3. The zero-order valence-electron chi connectivity index (χ0n) is 14.8. The van der Waals surface area contributed by atoms with E-state index >= 15 is 0 Å². The predicted octanol–water partition coefficient (Wildman–Crippen LogP) is 3.57. The van der Waals surface area contributed by atoms with Gasteiger partial charge in [0.1, 0.15) is 18.9 Å². The van der Waals surface area contributed by atoms with Crippen LogP contribution < -0.4 is 0 Å². The molecule has 0 spiro atoms. The van der Waals surface area contributed by atoms with Crippen LogP contribution in [0.15, 0.2) is 60.7 Å². The molecule has 5 nitrogen and oxygen atoms in total. The Balaban J connectivity index is 1.59. The molecule has 0 aliphatic carbocycles. The van der Waals surface area contributed by atoms with Crippen LogP contribution in [-0.2, 0) is 27.5 Å². The zero-order chi connectivity index (χ0) is 18.4. The van der Waals surface area contributed by atoms with Crippen molar-refractivity contribution < 1.29 is 19.1 Å². The van der Waals surface area contributed by atoms with Gasteiger partial charge in [-0.2, -0.15) is 0 Å². The second kappa shape index (κ2) is 8.63. The van der Waals surface area contributed by atoms with Gasteiger partial charge in [-0.3, -0.25) is 4.90 Å². The molecule has 26 heavy (non-hydrogen) atoms. The van der Waals surface area contributed by atoms with Crippen LogP contribution in [0, 0.1) is 0 Å². The van der Waals surface area contributed by atoms with Crippen molar-refractivity contribution in [3.8, 4) is 0 Å². The molecule has 0 aromatic heterocycles. The number of aldehydes is 1. The molecule has 0 saturated carbocycles. The van der Waals surface area contributed by atoms with E-state index in [9.17, 15) is 9.59 Å². The van der Waals surface area contributed by atoms with Crippen LogP contribution in [0.5, 0.6) is 0 Å². The summed E-state index contributed by atoms with van der Waals surface area (Å²) in [5.74, 6) is 0. The highest BCUT2D eigenvalue weighted by atomic mass is 16.6. The van der Waals surface area contributed by atoms with Crippen molar-refractivity contribution in [3.63, 3.8) is 0 Å². The van der Waals surface area contributed by atoms with E-state index in [0.29, 0.717) is 13.0 Å². The lowest BCUT2D eigenvalue weighted by Gasteiger charge is -2.25. The highest BCUT2D eigenvalue weighted by Gasteiger charge is 2.43. The normalized spacial score (nSPS) is 22.2. The molecule has 0 radical (unpaired) electrons. The van der Waals surface area contributed by atoms with E-state index in [1.165, 1.54) is 4.90 Å². The first-order chi connectivity index (χ1) is 12.7. The van der Waals surface area contributed by atoms with Crippen molar-refractivity contribution in [3.05, 3.63) is 71.8 Å². The molecule has 1 fully saturated rings. The maximum atomic E-state index is 12.5. The Bertz CT molecular complexity index is 719. The highest BCUT2D eigenvalue weighted by Crippen LogP contribution is 2.27. The van der Waals surface area contributed by atoms with Crippen LogP contribution in [0.25, 0.3) is 0 Å². The molecule has 2 aromatic rings. The standard InChI is InChI=1S/C21H23NO4/c1-16-12-20(25-14-17-8-4-2-5-9-17)19(13-23)22(16)21(24)26-15-18-10-6-3-7-11-18/h2-11,13,16,19-20H,12,14-15H2,1H3/t16-,19?,20?/m1/s1. The number of rotatable bonds is 6. The summed E-state index contributed by atoms with van der Waals surface area (Å²) in [5.41, 5.74) is 1.95. The molecular weight excluding hydrogens is 330 g/mol. The van der Waals surface area contributed by atoms with Gasteiger partial charge in [-0.1, -0.05) is 60.7 Å². The number of carbonyl (C=O) groups is 2. The van der Waals surface area contributed by atoms with Crippen molar-refractivity contribution in [2.75, 3.05) is 0 Å². The first-order valence-electron chi connectivity index (χ1n) is 8.79. The minimum atomic E-state index is -0.628. The molecule has 3 rings (SSSR count). The molecule has 1 amide bonds. The summed E-state index contributed by atoms with van der Waals surface area (Å²) >= 11 is 0. The van der Waals surface area contributed by atoms with Gasteiger partial charge in [0.05, 0.1) is 12.7 Å². The smallest absolute Gasteiger partial charge is 0.411 e. The van der Waals surface area contributed by atoms with Gasteiger partial charge in [0, 0.05) is 6.04 Å². The number of hydrogen-bond donors (Lipinski definition) is 0. The number of ether oxygens (including phenoxy) is 2. The molecule has 3 atom stereocenters. The third kappa shape index (κ3) is 4.29. The second-order valence-corrected chi connectivity index (χ2v) is 6.49. The zero-order valence-corrected chi connectivity index (χ0v) is 14.8. The average molecular weight is 353 g/mol. The molecule has 0 N–H and O–H groups in total. The molecule has 2 aromatic carbocycles. The maximum absolute atomic E-state index is 12.5. The topological polar surface area (TPSA) is 55.8 Å². The monoisotopic (exact) mass is 353 g/mol. The third-order valence-corrected chi connectivity index (χ3v) is 4.61. The Morgan fingerprint density at radius 1 is 1.04 bits per heavy atom. The fraction of sp³-hybridized carbons (Fsp3) is 0.333. The SMILES string of the molecule is C[C@@H]1CC(OCc2ccccc2)C(C=O)N1C(=O)OCc1ccccc1. The lowest BCUT2D eigenvalue weighted by molar-refractivity contribution is -0.115. The van der Waals surface area contributed by atoms with Gasteiger partial charge in [-0.25, -0.2) is 4.79 Å². The predicted molar refractivity (Wildman–Crippen MR) is 97.4 cm³/mol. The molecule has 136 valence electrons. The van der Waals surface area contributed by atoms with Crippen LogP contribution in [0.1, 0.15) is 24.5 Å². The Morgan fingerprint density at radius 3 is 2.19 bits per heavy atom. The molecule has 1 aliphatic rings. The first kappa shape index (κ1) is 18.1. The van der Waals surface area contributed by atoms with Crippen molar-refractivity contribution in [1.82, 2.24) is 4.90 Å². The molecule has 1 aliphatic heterocycles. The van der Waals surface area contributed by atoms with Crippen molar-refractivity contribution in [2.45, 2.75) is 44.7 Å². The van der Waals surface area contributed by atoms with Crippen LogP contribution in [-0.4, -0.2) is 35.5 Å². The summed E-state index contributed by atoms with van der Waals surface area (Å²) in [4.78, 5) is 25.6. The van der Waals surface area contributed by atoms with Crippen LogP contribution in [0.3, 0.4) is 0 Å². The van der Waals surface area contributed by atoms with E-state index in [1.54, 1.807) is 0 Å². The van der Waals surface area contributed by atoms with Gasteiger partial charge in [-0.05, 0) is 24.5 Å². The lowest BCUT2D eigenvalue weighted by atomic mass is 10.1. The summed E-state index contributed by atoms with van der Waals surface area (Å²) in [6.07, 6.45) is 0.579. The molecule has 1 saturated heterocycles. The number of amides is 1. The summed E-state index contributed by atoms with van der Waals surface area (Å²) in [6, 6.07) is 18.5. The van der Waals surface area contributed by atoms with Crippen molar-refractivity contribution in [2.24, 2.45) is 0 Å². The van der Waals surface area contributed by atoms with Gasteiger partial charge in [0.2, 0.25) is 0 Å². The number of likely N-dealkylation sites (tertiary alicyclic amines) is 1. The largest absolute Gasteiger partial charge is 0.445 e. The molecule has 0 bridgehead atoms. The number of hydrogen-bond acceptors (Lipinski definition) is 4. The Hall–Kier alpha value is -2.66. The molecule has 2 unspecified atom stereocenters. The fourth-order valence-electron chi connectivity index (χ4n) is 3.25. The van der Waals surface area contributed by atoms with E-state index in [1.807, 2.05) is 67.6 Å². The van der Waals surface area contributed by atoms with Crippen molar-refractivity contribution >= 4 is 12.4 Å². The van der Waals surface area contributed by atoms with Gasteiger partial charge >= 0.3 is 6.09 Å². The third-order valence-electron chi connectivity index (χ3n) is 4.61. The van der Waals surface area contributed by atoms with Crippen LogP contribution in [0.2, 0.25) is 0 Å². The van der Waals surface area contributed by atoms with Gasteiger partial charge in [0.15, 0.2) is 0 Å². The Labute approximate surface area is 153 Å². The molecule has 5 heteroatoms. The minimum absolute atomic E-state index is 0.116. The van der Waals surface area contributed by atoms with Crippen LogP contribution >= 0.6 is 0 Å². The lowest BCUT2D eigenvalue weighted by Crippen LogP contribution is -2.44. The second-order valence-electron chi connectivity index (χ2n) is 6.49. The number of benzene rings is 2.